The minimum absolute atomic E-state index is 0.853. The lowest BCUT2D eigenvalue weighted by Crippen LogP contribution is -1.96. The van der Waals surface area contributed by atoms with Crippen molar-refractivity contribution in [3.63, 3.8) is 0 Å². The fraction of sp³-hybridized carbons (Fsp3) is 0.360. The molecule has 0 radical (unpaired) electrons. The number of rotatable bonds is 7. The molecule has 1 aromatic heterocycles. The van der Waals surface area contributed by atoms with E-state index in [1.807, 2.05) is 6.07 Å². The fourth-order valence-electron chi connectivity index (χ4n) is 3.79. The van der Waals surface area contributed by atoms with Crippen LogP contribution in [0.4, 0.5) is 0 Å². The van der Waals surface area contributed by atoms with Gasteiger partial charge in [0, 0.05) is 22.4 Å². The Labute approximate surface area is 168 Å². The molecular formula is C25H31NO2. The summed E-state index contributed by atoms with van der Waals surface area (Å²) < 4.78 is 11.2. The van der Waals surface area contributed by atoms with Crippen LogP contribution in [0.1, 0.15) is 44.7 Å². The van der Waals surface area contributed by atoms with Crippen molar-refractivity contribution in [3.8, 4) is 11.5 Å². The summed E-state index contributed by atoms with van der Waals surface area (Å²) in [5.41, 5.74) is 7.41. The predicted octanol–water partition coefficient (Wildman–Crippen LogP) is 6.88. The monoisotopic (exact) mass is 377 g/mol. The van der Waals surface area contributed by atoms with Crippen LogP contribution < -0.4 is 9.47 Å². The first-order valence-electron chi connectivity index (χ1n) is 9.89. The first kappa shape index (κ1) is 20.1. The summed E-state index contributed by atoms with van der Waals surface area (Å²) in [5.74, 6) is 1.83. The smallest absolute Gasteiger partial charge is 0.127 e. The molecule has 1 N–H and O–H groups in total. The van der Waals surface area contributed by atoms with Crippen LogP contribution in [0.3, 0.4) is 0 Å². The molecule has 3 aromatic rings. The van der Waals surface area contributed by atoms with Crippen molar-refractivity contribution in [1.82, 2.24) is 4.98 Å². The molecule has 3 rings (SSSR count). The van der Waals surface area contributed by atoms with E-state index in [0.29, 0.717) is 0 Å². The number of aromatic nitrogens is 1. The number of methoxy groups -OCH3 is 2. The van der Waals surface area contributed by atoms with Gasteiger partial charge in [0.15, 0.2) is 0 Å². The molecule has 0 atom stereocenters. The van der Waals surface area contributed by atoms with Crippen molar-refractivity contribution >= 4 is 21.8 Å². The van der Waals surface area contributed by atoms with Gasteiger partial charge in [0.1, 0.15) is 11.5 Å². The lowest BCUT2D eigenvalue weighted by Gasteiger charge is -2.12. The highest BCUT2D eigenvalue weighted by Crippen LogP contribution is 2.37. The van der Waals surface area contributed by atoms with Gasteiger partial charge in [-0.05, 0) is 70.7 Å². The van der Waals surface area contributed by atoms with Gasteiger partial charge in [-0.2, -0.15) is 0 Å². The average molecular weight is 378 g/mol. The van der Waals surface area contributed by atoms with Gasteiger partial charge in [-0.3, -0.25) is 0 Å². The molecule has 3 nitrogen and oxygen atoms in total. The second-order valence-corrected chi connectivity index (χ2v) is 7.74. The van der Waals surface area contributed by atoms with Crippen molar-refractivity contribution < 1.29 is 9.47 Å². The molecule has 28 heavy (non-hydrogen) atoms. The molecule has 0 fully saturated rings. The number of aryl methyl sites for hydroxylation is 1. The number of allylic oxidation sites excluding steroid dienone is 4. The second-order valence-electron chi connectivity index (χ2n) is 7.74. The third-order valence-electron chi connectivity index (χ3n) is 5.29. The summed E-state index contributed by atoms with van der Waals surface area (Å²) in [6, 6.07) is 8.42. The molecule has 3 heteroatoms. The number of aromatic amines is 1. The van der Waals surface area contributed by atoms with E-state index in [1.165, 1.54) is 27.5 Å². The molecule has 0 aliphatic rings. The molecule has 2 aromatic carbocycles. The van der Waals surface area contributed by atoms with Gasteiger partial charge in [-0.15, -0.1) is 0 Å². The maximum Gasteiger partial charge on any atom is 0.127 e. The van der Waals surface area contributed by atoms with Crippen LogP contribution >= 0.6 is 0 Å². The van der Waals surface area contributed by atoms with Crippen LogP contribution in [0.2, 0.25) is 0 Å². The van der Waals surface area contributed by atoms with Crippen LogP contribution in [-0.2, 0) is 6.42 Å². The zero-order valence-corrected chi connectivity index (χ0v) is 17.9. The number of benzene rings is 2. The summed E-state index contributed by atoms with van der Waals surface area (Å²) in [6.07, 6.45) is 7.67. The van der Waals surface area contributed by atoms with E-state index in [-0.39, 0.29) is 0 Å². The topological polar surface area (TPSA) is 34.2 Å². The normalized spacial score (nSPS) is 11.9. The average Bonchev–Trinajstić information content (AvgIpc) is 3.02. The Morgan fingerprint density at radius 2 is 1.79 bits per heavy atom. The van der Waals surface area contributed by atoms with E-state index in [1.54, 1.807) is 14.2 Å². The lowest BCUT2D eigenvalue weighted by molar-refractivity contribution is 0.408. The molecule has 0 spiro atoms. The Morgan fingerprint density at radius 3 is 2.46 bits per heavy atom. The number of fused-ring (bicyclic) bond motifs is 3. The van der Waals surface area contributed by atoms with Crippen LogP contribution in [-0.4, -0.2) is 19.2 Å². The first-order valence-corrected chi connectivity index (χ1v) is 9.89. The minimum atomic E-state index is 0.853. The van der Waals surface area contributed by atoms with Crippen LogP contribution in [0, 0.1) is 6.92 Å². The molecule has 0 aliphatic carbocycles. The predicted molar refractivity (Wildman–Crippen MR) is 120 cm³/mol. The summed E-state index contributed by atoms with van der Waals surface area (Å²) in [5, 5.41) is 2.45. The molecule has 0 aliphatic heterocycles. The van der Waals surface area contributed by atoms with Gasteiger partial charge in [-0.25, -0.2) is 0 Å². The molecule has 0 amide bonds. The molecule has 0 saturated heterocycles. The van der Waals surface area contributed by atoms with Crippen molar-refractivity contribution in [3.05, 3.63) is 58.7 Å². The SMILES string of the molecule is COc1ccc2c(c1)[nH]c1c(C/C=C(/C)CCC=C(C)C)c(OC)c(C)cc12. The minimum Gasteiger partial charge on any atom is -0.497 e. The van der Waals surface area contributed by atoms with Gasteiger partial charge in [-0.1, -0.05) is 23.3 Å². The van der Waals surface area contributed by atoms with Gasteiger partial charge < -0.3 is 14.5 Å². The van der Waals surface area contributed by atoms with E-state index in [4.69, 9.17) is 9.47 Å². The third-order valence-corrected chi connectivity index (χ3v) is 5.29. The van der Waals surface area contributed by atoms with Crippen LogP contribution in [0.25, 0.3) is 21.8 Å². The highest BCUT2D eigenvalue weighted by Gasteiger charge is 2.15. The third kappa shape index (κ3) is 4.09. The standard InChI is InChI=1S/C25H31NO2/c1-16(2)8-7-9-17(3)10-12-21-24-22(14-18(4)25(21)28-6)20-13-11-19(27-5)15-23(20)26-24/h8,10-11,13-15,26H,7,9,12H2,1-6H3/b17-10-. The number of hydrogen-bond acceptors (Lipinski definition) is 2. The molecular weight excluding hydrogens is 346 g/mol. The van der Waals surface area contributed by atoms with Crippen molar-refractivity contribution in [2.45, 2.75) is 47.0 Å². The van der Waals surface area contributed by atoms with E-state index >= 15 is 0 Å². The van der Waals surface area contributed by atoms with E-state index in [2.05, 4.69) is 63.0 Å². The number of hydrogen-bond donors (Lipinski definition) is 1. The highest BCUT2D eigenvalue weighted by atomic mass is 16.5. The van der Waals surface area contributed by atoms with Crippen molar-refractivity contribution in [2.24, 2.45) is 0 Å². The molecule has 0 bridgehead atoms. The first-order chi connectivity index (χ1) is 13.4. The maximum absolute atomic E-state index is 5.79. The zero-order valence-electron chi connectivity index (χ0n) is 17.9. The summed E-state index contributed by atoms with van der Waals surface area (Å²) in [4.78, 5) is 3.61. The fourth-order valence-corrected chi connectivity index (χ4v) is 3.79. The molecule has 0 saturated carbocycles. The van der Waals surface area contributed by atoms with Gasteiger partial charge in [0.25, 0.3) is 0 Å². The maximum atomic E-state index is 5.79. The summed E-state index contributed by atoms with van der Waals surface area (Å²) >= 11 is 0. The number of ether oxygens (including phenoxy) is 2. The number of nitrogens with one attached hydrogen (secondary N) is 1. The largest absolute Gasteiger partial charge is 0.497 e. The Balaban J connectivity index is 2.05. The van der Waals surface area contributed by atoms with E-state index in [9.17, 15) is 0 Å². The quantitative estimate of drug-likeness (QED) is 0.455. The zero-order chi connectivity index (χ0) is 20.3. The Bertz CT molecular complexity index is 1050. The Hall–Kier alpha value is -2.68. The Morgan fingerprint density at radius 1 is 1.00 bits per heavy atom. The second kappa shape index (κ2) is 8.55. The van der Waals surface area contributed by atoms with Gasteiger partial charge in [0.05, 0.1) is 25.3 Å². The summed E-state index contributed by atoms with van der Waals surface area (Å²) in [6.45, 7) is 8.64. The Kier molecular flexibility index (Phi) is 6.13. The van der Waals surface area contributed by atoms with Gasteiger partial charge in [0.2, 0.25) is 0 Å². The molecule has 0 unspecified atom stereocenters. The van der Waals surface area contributed by atoms with E-state index < -0.39 is 0 Å². The van der Waals surface area contributed by atoms with Gasteiger partial charge >= 0.3 is 0 Å². The lowest BCUT2D eigenvalue weighted by atomic mass is 9.99. The van der Waals surface area contributed by atoms with Crippen LogP contribution in [0.5, 0.6) is 11.5 Å². The van der Waals surface area contributed by atoms with Crippen molar-refractivity contribution in [2.75, 3.05) is 14.2 Å². The highest BCUT2D eigenvalue weighted by molar-refractivity contribution is 6.09. The molecule has 148 valence electrons. The number of H-pyrrole nitrogens is 1. The summed E-state index contributed by atoms with van der Waals surface area (Å²) in [7, 11) is 3.46. The van der Waals surface area contributed by atoms with Crippen LogP contribution in [0.15, 0.2) is 47.6 Å². The van der Waals surface area contributed by atoms with E-state index in [0.717, 1.165) is 47.4 Å². The van der Waals surface area contributed by atoms with Crippen molar-refractivity contribution in [1.29, 1.82) is 0 Å². The molecule has 1 heterocycles.